The van der Waals surface area contributed by atoms with Gasteiger partial charge in [-0.25, -0.2) is 9.97 Å². The molecule has 2 heterocycles. The van der Waals surface area contributed by atoms with Crippen LogP contribution in [0, 0.1) is 0 Å². The Bertz CT molecular complexity index is 537. The van der Waals surface area contributed by atoms with Crippen LogP contribution in [-0.4, -0.2) is 23.6 Å². The van der Waals surface area contributed by atoms with E-state index in [9.17, 15) is 0 Å². The first-order valence-electron chi connectivity index (χ1n) is 6.95. The highest BCUT2D eigenvalue weighted by atomic mass is 16.3. The minimum Gasteiger partial charge on any atom is -0.467 e. The van der Waals surface area contributed by atoms with Gasteiger partial charge < -0.3 is 14.6 Å². The zero-order valence-corrected chi connectivity index (χ0v) is 12.6. The summed E-state index contributed by atoms with van der Waals surface area (Å²) in [5.74, 6) is 3.13. The molecule has 0 atom stereocenters. The summed E-state index contributed by atoms with van der Waals surface area (Å²) in [6.07, 6.45) is 3.30. The lowest BCUT2D eigenvalue weighted by Gasteiger charge is -2.23. The topological polar surface area (TPSA) is 54.2 Å². The first kappa shape index (κ1) is 14.4. The van der Waals surface area contributed by atoms with Crippen molar-refractivity contribution in [2.24, 2.45) is 0 Å². The normalized spacial score (nSPS) is 10.8. The van der Waals surface area contributed by atoms with E-state index in [1.165, 1.54) is 0 Å². The second-order valence-electron chi connectivity index (χ2n) is 5.08. The number of hydrogen-bond donors (Lipinski definition) is 1. The third-order valence-electron chi connectivity index (χ3n) is 3.12. The molecule has 0 radical (unpaired) electrons. The molecule has 0 spiro atoms. The van der Waals surface area contributed by atoms with Crippen LogP contribution in [0.5, 0.6) is 0 Å². The van der Waals surface area contributed by atoms with Crippen LogP contribution < -0.4 is 10.2 Å². The van der Waals surface area contributed by atoms with E-state index in [1.54, 1.807) is 12.6 Å². The molecule has 1 N–H and O–H groups in total. The first-order valence-corrected chi connectivity index (χ1v) is 6.95. The molecule has 0 unspecified atom stereocenters. The Morgan fingerprint density at radius 1 is 1.35 bits per heavy atom. The molecule has 5 heteroatoms. The van der Waals surface area contributed by atoms with E-state index in [-0.39, 0.29) is 0 Å². The lowest BCUT2D eigenvalue weighted by Crippen LogP contribution is -2.21. The van der Waals surface area contributed by atoms with Crippen molar-refractivity contribution in [3.8, 4) is 0 Å². The summed E-state index contributed by atoms with van der Waals surface area (Å²) in [5, 5.41) is 3.31. The van der Waals surface area contributed by atoms with Crippen LogP contribution in [-0.2, 0) is 6.54 Å². The van der Waals surface area contributed by atoms with Gasteiger partial charge in [0.1, 0.15) is 23.7 Å². The van der Waals surface area contributed by atoms with E-state index in [2.05, 4.69) is 41.0 Å². The van der Waals surface area contributed by atoms with Gasteiger partial charge in [0.2, 0.25) is 0 Å². The average molecular weight is 274 g/mol. The number of nitrogens with one attached hydrogen (secondary N) is 1. The van der Waals surface area contributed by atoms with Gasteiger partial charge in [-0.05, 0) is 25.0 Å². The van der Waals surface area contributed by atoms with Gasteiger partial charge in [-0.15, -0.1) is 0 Å². The Morgan fingerprint density at radius 2 is 2.15 bits per heavy atom. The smallest absolute Gasteiger partial charge is 0.137 e. The van der Waals surface area contributed by atoms with Gasteiger partial charge in [-0.1, -0.05) is 13.8 Å². The summed E-state index contributed by atoms with van der Waals surface area (Å²) in [5.41, 5.74) is 1.14. The van der Waals surface area contributed by atoms with Gasteiger partial charge in [-0.3, -0.25) is 0 Å². The van der Waals surface area contributed by atoms with E-state index in [0.29, 0.717) is 12.5 Å². The average Bonchev–Trinajstić information content (AvgIpc) is 2.91. The summed E-state index contributed by atoms with van der Waals surface area (Å²) in [7, 11) is 2.02. The predicted molar refractivity (Wildman–Crippen MR) is 81.1 cm³/mol. The molecule has 0 fully saturated rings. The van der Waals surface area contributed by atoms with Gasteiger partial charge in [0.05, 0.1) is 12.8 Å². The molecule has 0 aromatic carbocycles. The van der Waals surface area contributed by atoms with Crippen LogP contribution >= 0.6 is 0 Å². The van der Waals surface area contributed by atoms with Crippen molar-refractivity contribution in [3.63, 3.8) is 0 Å². The fraction of sp³-hybridized carbons (Fsp3) is 0.467. The Hall–Kier alpha value is -2.04. The second-order valence-corrected chi connectivity index (χ2v) is 5.08. The Balaban J connectivity index is 2.32. The number of anilines is 2. The molecule has 0 amide bonds. The number of aromatic nitrogens is 2. The molecule has 0 saturated carbocycles. The zero-order valence-electron chi connectivity index (χ0n) is 12.6. The van der Waals surface area contributed by atoms with E-state index in [0.717, 1.165) is 29.5 Å². The number of rotatable bonds is 6. The standard InChI is InChI=1S/C15H22N4O/c1-5-16-14-13(11(2)3)15(18-10-17-14)19(4)9-12-7-6-8-20-12/h6-8,10-11H,5,9H2,1-4H3,(H,16,17,18). The van der Waals surface area contributed by atoms with Crippen molar-refractivity contribution >= 4 is 11.6 Å². The predicted octanol–water partition coefficient (Wildman–Crippen LogP) is 3.26. The van der Waals surface area contributed by atoms with Crippen LogP contribution in [0.25, 0.3) is 0 Å². The molecule has 0 aliphatic carbocycles. The van der Waals surface area contributed by atoms with Crippen LogP contribution in [0.2, 0.25) is 0 Å². The molecule has 0 saturated heterocycles. The maximum Gasteiger partial charge on any atom is 0.137 e. The number of nitrogens with zero attached hydrogens (tertiary/aromatic N) is 3. The highest BCUT2D eigenvalue weighted by molar-refractivity contribution is 5.60. The summed E-state index contributed by atoms with van der Waals surface area (Å²) in [4.78, 5) is 10.9. The Kier molecular flexibility index (Phi) is 4.61. The van der Waals surface area contributed by atoms with Gasteiger partial charge in [0.15, 0.2) is 0 Å². The molecular weight excluding hydrogens is 252 g/mol. The van der Waals surface area contributed by atoms with E-state index < -0.39 is 0 Å². The fourth-order valence-corrected chi connectivity index (χ4v) is 2.24. The zero-order chi connectivity index (χ0) is 14.5. The van der Waals surface area contributed by atoms with Crippen molar-refractivity contribution in [2.45, 2.75) is 33.2 Å². The van der Waals surface area contributed by atoms with Gasteiger partial charge in [0, 0.05) is 19.2 Å². The van der Waals surface area contributed by atoms with Crippen molar-refractivity contribution in [1.82, 2.24) is 9.97 Å². The second kappa shape index (κ2) is 6.41. The third kappa shape index (κ3) is 3.10. The summed E-state index contributed by atoms with van der Waals surface area (Å²) >= 11 is 0. The molecule has 2 rings (SSSR count). The largest absolute Gasteiger partial charge is 0.467 e. The highest BCUT2D eigenvalue weighted by Crippen LogP contribution is 2.30. The van der Waals surface area contributed by atoms with Crippen molar-refractivity contribution in [2.75, 3.05) is 23.8 Å². The summed E-state index contributed by atoms with van der Waals surface area (Å²) in [6, 6.07) is 3.87. The van der Waals surface area contributed by atoms with Crippen LogP contribution in [0.15, 0.2) is 29.1 Å². The molecular formula is C15H22N4O. The Morgan fingerprint density at radius 3 is 2.75 bits per heavy atom. The first-order chi connectivity index (χ1) is 9.63. The maximum atomic E-state index is 5.40. The lowest BCUT2D eigenvalue weighted by molar-refractivity contribution is 0.506. The fourth-order valence-electron chi connectivity index (χ4n) is 2.24. The van der Waals surface area contributed by atoms with Crippen LogP contribution in [0.4, 0.5) is 11.6 Å². The van der Waals surface area contributed by atoms with E-state index in [1.807, 2.05) is 19.2 Å². The summed E-state index contributed by atoms with van der Waals surface area (Å²) < 4.78 is 5.40. The van der Waals surface area contributed by atoms with E-state index >= 15 is 0 Å². The SMILES string of the molecule is CCNc1ncnc(N(C)Cc2ccco2)c1C(C)C. The van der Waals surface area contributed by atoms with E-state index in [4.69, 9.17) is 4.42 Å². The van der Waals surface area contributed by atoms with Gasteiger partial charge >= 0.3 is 0 Å². The van der Waals surface area contributed by atoms with Crippen molar-refractivity contribution < 1.29 is 4.42 Å². The molecule has 0 bridgehead atoms. The third-order valence-corrected chi connectivity index (χ3v) is 3.12. The highest BCUT2D eigenvalue weighted by Gasteiger charge is 2.18. The van der Waals surface area contributed by atoms with Crippen LogP contribution in [0.1, 0.15) is 38.0 Å². The summed E-state index contributed by atoms with van der Waals surface area (Å²) in [6.45, 7) is 7.92. The van der Waals surface area contributed by atoms with Crippen LogP contribution in [0.3, 0.4) is 0 Å². The monoisotopic (exact) mass is 274 g/mol. The van der Waals surface area contributed by atoms with Gasteiger partial charge in [0.25, 0.3) is 0 Å². The van der Waals surface area contributed by atoms with Crippen molar-refractivity contribution in [1.29, 1.82) is 0 Å². The molecule has 20 heavy (non-hydrogen) atoms. The Labute approximate surface area is 120 Å². The maximum absolute atomic E-state index is 5.40. The molecule has 0 aliphatic rings. The minimum absolute atomic E-state index is 0.347. The number of hydrogen-bond acceptors (Lipinski definition) is 5. The molecule has 108 valence electrons. The number of furan rings is 1. The van der Waals surface area contributed by atoms with Gasteiger partial charge in [-0.2, -0.15) is 0 Å². The molecule has 2 aromatic heterocycles. The molecule has 2 aromatic rings. The molecule has 5 nitrogen and oxygen atoms in total. The minimum atomic E-state index is 0.347. The molecule has 0 aliphatic heterocycles. The van der Waals surface area contributed by atoms with Crippen molar-refractivity contribution in [3.05, 3.63) is 36.0 Å². The lowest BCUT2D eigenvalue weighted by atomic mass is 10.0. The quantitative estimate of drug-likeness (QED) is 0.876.